The number of aryl methyl sites for hydroxylation is 1. The first kappa shape index (κ1) is 17.0. The molecule has 4 nitrogen and oxygen atoms in total. The molecule has 1 aliphatic rings. The number of hydrogen-bond acceptors (Lipinski definition) is 4. The zero-order valence-corrected chi connectivity index (χ0v) is 14.2. The van der Waals surface area contributed by atoms with Crippen LogP contribution in [0.2, 0.25) is 0 Å². The molecule has 0 unspecified atom stereocenters. The quantitative estimate of drug-likeness (QED) is 0.774. The number of nitriles is 1. The largest absolute Gasteiger partial charge is 0.380 e. The summed E-state index contributed by atoms with van der Waals surface area (Å²) in [7, 11) is -3.29. The smallest absolute Gasteiger partial charge is 0.155 e. The van der Waals surface area contributed by atoms with Gasteiger partial charge in [-0.15, -0.1) is 0 Å². The molecule has 5 heteroatoms. The third kappa shape index (κ3) is 2.78. The van der Waals surface area contributed by atoms with Crippen LogP contribution in [0.1, 0.15) is 37.8 Å². The van der Waals surface area contributed by atoms with Crippen molar-refractivity contribution >= 4 is 9.84 Å². The number of nitrogens with zero attached hydrogens (tertiary/aromatic N) is 1. The van der Waals surface area contributed by atoms with Crippen LogP contribution >= 0.6 is 0 Å². The fourth-order valence-corrected chi connectivity index (χ4v) is 5.16. The highest BCUT2D eigenvalue weighted by atomic mass is 32.2. The van der Waals surface area contributed by atoms with Gasteiger partial charge < -0.3 is 4.74 Å². The van der Waals surface area contributed by atoms with Gasteiger partial charge in [-0.05, 0) is 24.5 Å². The molecule has 1 fully saturated rings. The monoisotopic (exact) mass is 321 g/mol. The standard InChI is InChI=1S/C17H23NO3S/c1-4-13-7-9-14(10-8-13)15-16(22(19,20)6-3)17(15,11-18)12-21-5-2/h7-10,15-16H,4-6,12H2,1-3H3/t15-,16+,17-/m1/s1. The first-order chi connectivity index (χ1) is 10.5. The number of ether oxygens (including phenoxy) is 1. The van der Waals surface area contributed by atoms with Crippen molar-refractivity contribution in [3.63, 3.8) is 0 Å². The molecule has 22 heavy (non-hydrogen) atoms. The van der Waals surface area contributed by atoms with Crippen molar-refractivity contribution in [2.75, 3.05) is 19.0 Å². The van der Waals surface area contributed by atoms with E-state index in [-0.39, 0.29) is 18.3 Å². The minimum absolute atomic E-state index is 0.0523. The van der Waals surface area contributed by atoms with Gasteiger partial charge in [0.15, 0.2) is 9.84 Å². The maximum atomic E-state index is 12.4. The SMILES string of the molecule is CCOC[C@]1(C#N)[C@H](c2ccc(CC)cc2)[C@@H]1S(=O)(=O)CC. The molecular weight excluding hydrogens is 298 g/mol. The van der Waals surface area contributed by atoms with Crippen LogP contribution in [0.5, 0.6) is 0 Å². The van der Waals surface area contributed by atoms with E-state index in [0.717, 1.165) is 12.0 Å². The number of rotatable bonds is 7. The molecule has 1 saturated carbocycles. The molecular formula is C17H23NO3S. The second kappa shape index (κ2) is 6.39. The minimum atomic E-state index is -3.29. The van der Waals surface area contributed by atoms with Crippen LogP contribution < -0.4 is 0 Å². The molecule has 1 aromatic carbocycles. The topological polar surface area (TPSA) is 67.2 Å². The summed E-state index contributed by atoms with van der Waals surface area (Å²) in [6.45, 7) is 6.20. The predicted molar refractivity (Wildman–Crippen MR) is 86.3 cm³/mol. The molecule has 2 rings (SSSR count). The second-order valence-corrected chi connectivity index (χ2v) is 8.15. The summed E-state index contributed by atoms with van der Waals surface area (Å²) in [5, 5.41) is 8.99. The first-order valence-corrected chi connectivity index (χ1v) is 9.47. The Morgan fingerprint density at radius 2 is 1.86 bits per heavy atom. The van der Waals surface area contributed by atoms with Gasteiger partial charge in [0, 0.05) is 18.3 Å². The van der Waals surface area contributed by atoms with Crippen molar-refractivity contribution in [3.05, 3.63) is 35.4 Å². The van der Waals surface area contributed by atoms with Gasteiger partial charge in [0.05, 0.1) is 17.9 Å². The molecule has 0 saturated heterocycles. The van der Waals surface area contributed by atoms with Gasteiger partial charge >= 0.3 is 0 Å². The summed E-state index contributed by atoms with van der Waals surface area (Å²) < 4.78 is 30.2. The lowest BCUT2D eigenvalue weighted by atomic mass is 10.00. The maximum Gasteiger partial charge on any atom is 0.155 e. The van der Waals surface area contributed by atoms with E-state index in [9.17, 15) is 13.7 Å². The van der Waals surface area contributed by atoms with Crippen molar-refractivity contribution in [2.24, 2.45) is 5.41 Å². The molecule has 0 aliphatic heterocycles. The van der Waals surface area contributed by atoms with Crippen LogP contribution in [-0.2, 0) is 21.0 Å². The van der Waals surface area contributed by atoms with Crippen molar-refractivity contribution in [1.29, 1.82) is 5.26 Å². The highest BCUT2D eigenvalue weighted by Gasteiger charge is 2.71. The molecule has 0 heterocycles. The summed E-state index contributed by atoms with van der Waals surface area (Å²) in [5.41, 5.74) is 1.17. The van der Waals surface area contributed by atoms with E-state index < -0.39 is 20.5 Å². The Hall–Kier alpha value is -1.38. The molecule has 0 radical (unpaired) electrons. The Morgan fingerprint density at radius 1 is 1.23 bits per heavy atom. The Morgan fingerprint density at radius 3 is 2.32 bits per heavy atom. The van der Waals surface area contributed by atoms with Gasteiger partial charge in [0.25, 0.3) is 0 Å². The summed E-state index contributed by atoms with van der Waals surface area (Å²) >= 11 is 0. The fourth-order valence-electron chi connectivity index (χ4n) is 3.15. The minimum Gasteiger partial charge on any atom is -0.380 e. The van der Waals surface area contributed by atoms with E-state index >= 15 is 0 Å². The second-order valence-electron chi connectivity index (χ2n) is 5.73. The van der Waals surface area contributed by atoms with Gasteiger partial charge in [0.1, 0.15) is 5.41 Å². The highest BCUT2D eigenvalue weighted by Crippen LogP contribution is 2.62. The lowest BCUT2D eigenvalue weighted by molar-refractivity contribution is 0.117. The van der Waals surface area contributed by atoms with E-state index in [1.165, 1.54) is 5.56 Å². The van der Waals surface area contributed by atoms with Crippen LogP contribution in [0.3, 0.4) is 0 Å². The Labute approximate surface area is 133 Å². The van der Waals surface area contributed by atoms with Crippen LogP contribution in [0.15, 0.2) is 24.3 Å². The van der Waals surface area contributed by atoms with E-state index in [2.05, 4.69) is 13.0 Å². The molecule has 0 N–H and O–H groups in total. The van der Waals surface area contributed by atoms with E-state index in [4.69, 9.17) is 4.74 Å². The Kier molecular flexibility index (Phi) is 4.93. The molecule has 1 aliphatic carbocycles. The van der Waals surface area contributed by atoms with Gasteiger partial charge in [0.2, 0.25) is 0 Å². The van der Waals surface area contributed by atoms with Gasteiger partial charge in [-0.2, -0.15) is 5.26 Å². The summed E-state index contributed by atoms with van der Waals surface area (Å²) in [4.78, 5) is 0. The third-order valence-corrected chi connectivity index (χ3v) is 6.82. The van der Waals surface area contributed by atoms with Crippen LogP contribution in [0.4, 0.5) is 0 Å². The third-order valence-electron chi connectivity index (χ3n) is 4.55. The zero-order chi connectivity index (χ0) is 16.4. The first-order valence-electron chi connectivity index (χ1n) is 7.76. The maximum absolute atomic E-state index is 12.4. The van der Waals surface area contributed by atoms with Crippen molar-refractivity contribution in [1.82, 2.24) is 0 Å². The predicted octanol–water partition coefficient (Wildman–Crippen LogP) is 2.70. The molecule has 0 aromatic heterocycles. The van der Waals surface area contributed by atoms with Gasteiger partial charge in [-0.3, -0.25) is 0 Å². The highest BCUT2D eigenvalue weighted by molar-refractivity contribution is 7.92. The van der Waals surface area contributed by atoms with Crippen molar-refractivity contribution < 1.29 is 13.2 Å². The number of sulfone groups is 1. The van der Waals surface area contributed by atoms with E-state index in [0.29, 0.717) is 6.61 Å². The summed E-state index contributed by atoms with van der Waals surface area (Å²) in [5.74, 6) is -0.239. The summed E-state index contributed by atoms with van der Waals surface area (Å²) in [6, 6.07) is 10.2. The molecule has 0 spiro atoms. The van der Waals surface area contributed by atoms with E-state index in [1.807, 2.05) is 31.2 Å². The number of hydrogen-bond donors (Lipinski definition) is 0. The van der Waals surface area contributed by atoms with Crippen molar-refractivity contribution in [3.8, 4) is 6.07 Å². The normalized spacial score (nSPS) is 27.4. The Bertz CT molecular complexity index is 660. The average Bonchev–Trinajstić information content (AvgIpc) is 3.23. The van der Waals surface area contributed by atoms with Crippen LogP contribution in [0, 0.1) is 16.7 Å². The number of benzene rings is 1. The van der Waals surface area contributed by atoms with Crippen molar-refractivity contribution in [2.45, 2.75) is 38.4 Å². The fraction of sp³-hybridized carbons (Fsp3) is 0.588. The van der Waals surface area contributed by atoms with Crippen LogP contribution in [-0.4, -0.2) is 32.6 Å². The zero-order valence-electron chi connectivity index (χ0n) is 13.4. The molecule has 0 amide bonds. The molecule has 3 atom stereocenters. The lowest BCUT2D eigenvalue weighted by Crippen LogP contribution is -2.20. The molecule has 1 aromatic rings. The van der Waals surface area contributed by atoms with E-state index in [1.54, 1.807) is 6.92 Å². The lowest BCUT2D eigenvalue weighted by Gasteiger charge is -2.09. The Balaban J connectivity index is 2.40. The van der Waals surface area contributed by atoms with Crippen LogP contribution in [0.25, 0.3) is 0 Å². The summed E-state index contributed by atoms with van der Waals surface area (Å²) in [6.07, 6.45) is 0.934. The van der Waals surface area contributed by atoms with Gasteiger partial charge in [-0.1, -0.05) is 38.1 Å². The average molecular weight is 321 g/mol. The molecule has 120 valence electrons. The van der Waals surface area contributed by atoms with Gasteiger partial charge in [-0.25, -0.2) is 8.42 Å². The molecule has 0 bridgehead atoms.